The van der Waals surface area contributed by atoms with E-state index in [0.29, 0.717) is 30.0 Å². The second-order valence-electron chi connectivity index (χ2n) is 7.85. The predicted octanol–water partition coefficient (Wildman–Crippen LogP) is 3.66. The topological polar surface area (TPSA) is 71.6 Å². The highest BCUT2D eigenvalue weighted by Crippen LogP contribution is 2.40. The number of aromatic nitrogens is 1. The summed E-state index contributed by atoms with van der Waals surface area (Å²) in [6, 6.07) is 9.31. The molecule has 6 nitrogen and oxygen atoms in total. The smallest absolute Gasteiger partial charge is 0.254 e. The Labute approximate surface area is 175 Å². The maximum Gasteiger partial charge on any atom is 0.254 e. The SMILES string of the molecule is COc1cc2c(cc1OC)[C@@H](c1cc3cc(C)c(C)cc3[nH]c1=O)N(C(C)=O)CC2. The van der Waals surface area contributed by atoms with E-state index in [2.05, 4.69) is 18.0 Å². The number of carbonyl (C=O) groups excluding carboxylic acids is 1. The molecular formula is C24H26N2O4. The number of fused-ring (bicyclic) bond motifs is 2. The van der Waals surface area contributed by atoms with Gasteiger partial charge in [-0.25, -0.2) is 0 Å². The van der Waals surface area contributed by atoms with E-state index in [0.717, 1.165) is 33.2 Å². The molecule has 3 aromatic rings. The maximum absolute atomic E-state index is 13.1. The molecule has 2 heterocycles. The minimum Gasteiger partial charge on any atom is -0.493 e. The van der Waals surface area contributed by atoms with Crippen molar-refractivity contribution < 1.29 is 14.3 Å². The Balaban J connectivity index is 1.98. The average molecular weight is 406 g/mol. The van der Waals surface area contributed by atoms with Gasteiger partial charge < -0.3 is 19.4 Å². The first-order valence-corrected chi connectivity index (χ1v) is 10.00. The number of pyridine rings is 1. The Hall–Kier alpha value is -3.28. The van der Waals surface area contributed by atoms with Crippen molar-refractivity contribution in [1.82, 2.24) is 9.88 Å². The molecule has 156 valence electrons. The number of nitrogens with one attached hydrogen (secondary N) is 1. The molecular weight excluding hydrogens is 380 g/mol. The quantitative estimate of drug-likeness (QED) is 0.721. The van der Waals surface area contributed by atoms with E-state index in [1.807, 2.05) is 31.2 Å². The lowest BCUT2D eigenvalue weighted by atomic mass is 9.87. The van der Waals surface area contributed by atoms with Crippen molar-refractivity contribution in [2.75, 3.05) is 20.8 Å². The fourth-order valence-corrected chi connectivity index (χ4v) is 4.32. The molecule has 6 heteroatoms. The number of carbonyl (C=O) groups is 1. The number of H-pyrrole nitrogens is 1. The van der Waals surface area contributed by atoms with Crippen LogP contribution < -0.4 is 15.0 Å². The fraction of sp³-hybridized carbons (Fsp3) is 0.333. The molecule has 2 aromatic carbocycles. The Bertz CT molecular complexity index is 1210. The largest absolute Gasteiger partial charge is 0.493 e. The summed E-state index contributed by atoms with van der Waals surface area (Å²) in [5, 5.41) is 0.948. The lowest BCUT2D eigenvalue weighted by Gasteiger charge is -2.37. The third kappa shape index (κ3) is 3.22. The maximum atomic E-state index is 13.1. The first kappa shape index (κ1) is 20.0. The van der Waals surface area contributed by atoms with Gasteiger partial charge in [0.1, 0.15) is 0 Å². The van der Waals surface area contributed by atoms with Gasteiger partial charge in [0.05, 0.1) is 20.3 Å². The monoisotopic (exact) mass is 406 g/mol. The summed E-state index contributed by atoms with van der Waals surface area (Å²) in [6.45, 7) is 6.15. The molecule has 30 heavy (non-hydrogen) atoms. The van der Waals surface area contributed by atoms with Crippen LogP contribution in [-0.4, -0.2) is 36.6 Å². The summed E-state index contributed by atoms with van der Waals surface area (Å²) >= 11 is 0. The number of ether oxygens (including phenoxy) is 2. The summed E-state index contributed by atoms with van der Waals surface area (Å²) in [5.74, 6) is 1.15. The molecule has 1 N–H and O–H groups in total. The number of aromatic amines is 1. The molecule has 0 bridgehead atoms. The molecule has 0 spiro atoms. The van der Waals surface area contributed by atoms with Crippen LogP contribution in [0, 0.1) is 13.8 Å². The normalized spacial score (nSPS) is 15.8. The van der Waals surface area contributed by atoms with Crippen molar-refractivity contribution in [2.24, 2.45) is 0 Å². The summed E-state index contributed by atoms with van der Waals surface area (Å²) in [4.78, 5) is 30.4. The molecule has 1 amide bonds. The van der Waals surface area contributed by atoms with Gasteiger partial charge in [0, 0.05) is 24.5 Å². The van der Waals surface area contributed by atoms with E-state index in [1.54, 1.807) is 26.0 Å². The Morgan fingerprint density at radius 3 is 2.33 bits per heavy atom. The number of hydrogen-bond donors (Lipinski definition) is 1. The van der Waals surface area contributed by atoms with Crippen LogP contribution in [0.4, 0.5) is 0 Å². The van der Waals surface area contributed by atoms with Gasteiger partial charge in [0.2, 0.25) is 5.91 Å². The van der Waals surface area contributed by atoms with Gasteiger partial charge in [-0.1, -0.05) is 0 Å². The van der Waals surface area contributed by atoms with Gasteiger partial charge in [-0.3, -0.25) is 9.59 Å². The van der Waals surface area contributed by atoms with E-state index in [1.165, 1.54) is 0 Å². The van der Waals surface area contributed by atoms with Crippen molar-refractivity contribution in [1.29, 1.82) is 0 Å². The minimum absolute atomic E-state index is 0.0694. The second-order valence-corrected chi connectivity index (χ2v) is 7.85. The van der Waals surface area contributed by atoms with E-state index in [4.69, 9.17) is 9.47 Å². The molecule has 4 rings (SSSR count). The van der Waals surface area contributed by atoms with Crippen LogP contribution >= 0.6 is 0 Å². The Morgan fingerprint density at radius 2 is 1.67 bits per heavy atom. The van der Waals surface area contributed by atoms with E-state index in [-0.39, 0.29) is 11.5 Å². The lowest BCUT2D eigenvalue weighted by Crippen LogP contribution is -2.41. The third-order valence-electron chi connectivity index (χ3n) is 6.06. The van der Waals surface area contributed by atoms with Gasteiger partial charge in [-0.05, 0) is 78.2 Å². The number of benzene rings is 2. The fourth-order valence-electron chi connectivity index (χ4n) is 4.32. The van der Waals surface area contributed by atoms with Crippen LogP contribution in [0.15, 0.2) is 35.1 Å². The molecule has 1 aliphatic heterocycles. The van der Waals surface area contributed by atoms with Gasteiger partial charge in [-0.2, -0.15) is 0 Å². The lowest BCUT2D eigenvalue weighted by molar-refractivity contribution is -0.130. The van der Waals surface area contributed by atoms with Crippen molar-refractivity contribution in [3.8, 4) is 11.5 Å². The number of nitrogens with zero attached hydrogens (tertiary/aromatic N) is 1. The van der Waals surface area contributed by atoms with Crippen LogP contribution in [0.3, 0.4) is 0 Å². The highest BCUT2D eigenvalue weighted by atomic mass is 16.5. The number of rotatable bonds is 3. The zero-order valence-electron chi connectivity index (χ0n) is 18.0. The Kier molecular flexibility index (Phi) is 5.02. The standard InChI is InChI=1S/C24H26N2O4/c1-13-8-17-10-19(24(28)25-20(17)9-14(13)2)23-18-12-22(30-5)21(29-4)11-16(18)6-7-26(23)15(3)27/h8-12,23H,6-7H2,1-5H3,(H,25,28)/t23-/m0/s1. The van der Waals surface area contributed by atoms with Crippen molar-refractivity contribution >= 4 is 16.8 Å². The third-order valence-corrected chi connectivity index (χ3v) is 6.06. The number of methoxy groups -OCH3 is 2. The van der Waals surface area contributed by atoms with Gasteiger partial charge in [-0.15, -0.1) is 0 Å². The molecule has 0 unspecified atom stereocenters. The van der Waals surface area contributed by atoms with Gasteiger partial charge in [0.25, 0.3) is 5.56 Å². The summed E-state index contributed by atoms with van der Waals surface area (Å²) in [7, 11) is 3.18. The first-order chi connectivity index (χ1) is 14.3. The zero-order valence-corrected chi connectivity index (χ0v) is 18.0. The Morgan fingerprint density at radius 1 is 1.00 bits per heavy atom. The predicted molar refractivity (Wildman–Crippen MR) is 117 cm³/mol. The highest BCUT2D eigenvalue weighted by Gasteiger charge is 2.33. The van der Waals surface area contributed by atoms with Gasteiger partial charge >= 0.3 is 0 Å². The molecule has 0 fully saturated rings. The number of amides is 1. The molecule has 0 radical (unpaired) electrons. The average Bonchev–Trinajstić information content (AvgIpc) is 2.72. The van der Waals surface area contributed by atoms with Crippen molar-refractivity contribution in [3.63, 3.8) is 0 Å². The molecule has 0 aliphatic carbocycles. The molecule has 1 aliphatic rings. The van der Waals surface area contributed by atoms with Crippen molar-refractivity contribution in [2.45, 2.75) is 33.2 Å². The van der Waals surface area contributed by atoms with Crippen LogP contribution in [0.1, 0.15) is 40.8 Å². The first-order valence-electron chi connectivity index (χ1n) is 10.00. The van der Waals surface area contributed by atoms with Crippen LogP contribution in [-0.2, 0) is 11.2 Å². The van der Waals surface area contributed by atoms with E-state index >= 15 is 0 Å². The molecule has 1 atom stereocenters. The van der Waals surface area contributed by atoms with E-state index < -0.39 is 6.04 Å². The molecule has 1 aromatic heterocycles. The van der Waals surface area contributed by atoms with E-state index in [9.17, 15) is 9.59 Å². The van der Waals surface area contributed by atoms with Crippen LogP contribution in [0.2, 0.25) is 0 Å². The van der Waals surface area contributed by atoms with Crippen LogP contribution in [0.5, 0.6) is 11.5 Å². The summed E-state index contributed by atoms with van der Waals surface area (Å²) in [5.41, 5.74) is 5.37. The number of hydrogen-bond acceptors (Lipinski definition) is 4. The second kappa shape index (κ2) is 7.52. The highest BCUT2D eigenvalue weighted by molar-refractivity contribution is 5.81. The van der Waals surface area contributed by atoms with Crippen LogP contribution in [0.25, 0.3) is 10.9 Å². The summed E-state index contributed by atoms with van der Waals surface area (Å²) < 4.78 is 10.9. The van der Waals surface area contributed by atoms with Crippen molar-refractivity contribution in [3.05, 3.63) is 68.5 Å². The molecule has 0 saturated heterocycles. The van der Waals surface area contributed by atoms with Gasteiger partial charge in [0.15, 0.2) is 11.5 Å². The molecule has 0 saturated carbocycles. The number of aryl methyl sites for hydroxylation is 2. The minimum atomic E-state index is -0.485. The summed E-state index contributed by atoms with van der Waals surface area (Å²) in [6.07, 6.45) is 0.690. The zero-order chi connectivity index (χ0) is 21.6.